The predicted molar refractivity (Wildman–Crippen MR) is 120 cm³/mol. The number of hydrogen-bond acceptors (Lipinski definition) is 6. The van der Waals surface area contributed by atoms with Gasteiger partial charge in [-0.1, -0.05) is 41.8 Å². The molecular weight excluding hydrogens is 374 g/mol. The maximum atomic E-state index is 8.31. The van der Waals surface area contributed by atoms with E-state index >= 15 is 0 Å². The molecule has 2 aliphatic rings. The number of hydrogen-bond donors (Lipinski definition) is 3. The second-order valence-electron chi connectivity index (χ2n) is 6.81. The number of thiocarbonyl (C=S) groups is 1. The molecular formula is C20H23N5S2. The zero-order valence-corrected chi connectivity index (χ0v) is 16.8. The van der Waals surface area contributed by atoms with Crippen molar-refractivity contribution in [1.29, 1.82) is 5.41 Å². The number of thiazole rings is 1. The Hall–Kier alpha value is -2.09. The van der Waals surface area contributed by atoms with Crippen molar-refractivity contribution < 1.29 is 0 Å². The van der Waals surface area contributed by atoms with Gasteiger partial charge >= 0.3 is 0 Å². The summed E-state index contributed by atoms with van der Waals surface area (Å²) >= 11 is 7.01. The van der Waals surface area contributed by atoms with Crippen LogP contribution in [0.1, 0.15) is 19.3 Å². The summed E-state index contributed by atoms with van der Waals surface area (Å²) in [5.74, 6) is 0.345. The third-order valence-electron chi connectivity index (χ3n) is 4.83. The lowest BCUT2D eigenvalue weighted by Crippen LogP contribution is -2.25. The number of aromatic nitrogens is 1. The van der Waals surface area contributed by atoms with E-state index in [1.165, 1.54) is 25.9 Å². The first-order valence-corrected chi connectivity index (χ1v) is 10.5. The molecule has 2 heterocycles. The molecule has 0 saturated carbocycles. The van der Waals surface area contributed by atoms with E-state index < -0.39 is 0 Å². The van der Waals surface area contributed by atoms with Crippen molar-refractivity contribution in [2.75, 3.05) is 36.8 Å². The molecule has 1 aromatic heterocycles. The summed E-state index contributed by atoms with van der Waals surface area (Å²) in [5.41, 5.74) is 2.66. The molecule has 3 N–H and O–H groups in total. The van der Waals surface area contributed by atoms with Gasteiger partial charge in [-0.2, -0.15) is 0 Å². The minimum absolute atomic E-state index is 0.345. The Morgan fingerprint density at radius 2 is 2.15 bits per heavy atom. The lowest BCUT2D eigenvalue weighted by molar-refractivity contribution is 0.352. The van der Waals surface area contributed by atoms with Crippen LogP contribution in [0, 0.1) is 5.41 Å². The zero-order chi connectivity index (χ0) is 18.6. The van der Waals surface area contributed by atoms with Crippen LogP contribution >= 0.6 is 23.6 Å². The number of allylic oxidation sites excluding steroid dienone is 3. The Morgan fingerprint density at radius 1 is 1.30 bits per heavy atom. The van der Waals surface area contributed by atoms with E-state index in [0.717, 1.165) is 51.0 Å². The van der Waals surface area contributed by atoms with E-state index in [1.54, 1.807) is 11.3 Å². The van der Waals surface area contributed by atoms with Crippen molar-refractivity contribution in [3.63, 3.8) is 0 Å². The van der Waals surface area contributed by atoms with E-state index in [1.807, 2.05) is 30.4 Å². The first-order chi connectivity index (χ1) is 13.2. The number of likely N-dealkylation sites (tertiary alicyclic amines) is 1. The van der Waals surface area contributed by atoms with Gasteiger partial charge in [0.1, 0.15) is 5.84 Å². The monoisotopic (exact) mass is 397 g/mol. The van der Waals surface area contributed by atoms with Gasteiger partial charge < -0.3 is 15.5 Å². The van der Waals surface area contributed by atoms with Crippen LogP contribution in [-0.4, -0.2) is 46.8 Å². The van der Waals surface area contributed by atoms with Gasteiger partial charge in [0.25, 0.3) is 0 Å². The first kappa shape index (κ1) is 18.3. The lowest BCUT2D eigenvalue weighted by atomic mass is 10.0. The van der Waals surface area contributed by atoms with Gasteiger partial charge in [-0.15, -0.1) is 0 Å². The predicted octanol–water partition coefficient (Wildman–Crippen LogP) is 4.45. The number of fused-ring (bicyclic) bond motifs is 1. The van der Waals surface area contributed by atoms with Crippen LogP contribution in [0.4, 0.5) is 10.8 Å². The molecule has 1 fully saturated rings. The van der Waals surface area contributed by atoms with E-state index in [4.69, 9.17) is 17.6 Å². The number of amidine groups is 1. The van der Waals surface area contributed by atoms with Gasteiger partial charge in [0.15, 0.2) is 5.13 Å². The highest BCUT2D eigenvalue weighted by molar-refractivity contribution is 7.81. The van der Waals surface area contributed by atoms with Crippen molar-refractivity contribution in [3.05, 3.63) is 42.0 Å². The number of rotatable bonds is 6. The van der Waals surface area contributed by atoms with Crippen molar-refractivity contribution >= 4 is 55.3 Å². The fraction of sp³-hybridized carbons (Fsp3) is 0.350. The van der Waals surface area contributed by atoms with Gasteiger partial charge in [0, 0.05) is 35.6 Å². The highest BCUT2D eigenvalue weighted by atomic mass is 32.1. The normalized spacial score (nSPS) is 17.3. The Labute approximate surface area is 168 Å². The fourth-order valence-corrected chi connectivity index (χ4v) is 4.58. The van der Waals surface area contributed by atoms with Crippen LogP contribution in [0.3, 0.4) is 0 Å². The molecule has 1 aromatic carbocycles. The third kappa shape index (κ3) is 4.43. The SMILES string of the molecule is N=C(Nc1ccc2nc(NCCN3CCCC3)sc2c1)C1=CC=CCC1=S. The standard InChI is InChI=1S/C20H23N5S2/c21-19(15-5-1-2-6-17(15)26)23-14-7-8-16-18(13-14)27-20(24-16)22-9-12-25-10-3-4-11-25/h1-2,5,7-8,13H,3-4,6,9-12H2,(H2,21,23)(H,22,24). The summed E-state index contributed by atoms with van der Waals surface area (Å²) in [4.78, 5) is 7.96. The summed E-state index contributed by atoms with van der Waals surface area (Å²) < 4.78 is 1.11. The number of anilines is 2. The first-order valence-electron chi connectivity index (χ1n) is 9.32. The Morgan fingerprint density at radius 3 is 2.96 bits per heavy atom. The second kappa shape index (κ2) is 8.29. The Bertz CT molecular complexity index is 922. The molecule has 0 bridgehead atoms. The van der Waals surface area contributed by atoms with Gasteiger partial charge in [0.05, 0.1) is 10.2 Å². The second-order valence-corrected chi connectivity index (χ2v) is 8.34. The molecule has 0 radical (unpaired) electrons. The topological polar surface area (TPSA) is 64.0 Å². The summed E-state index contributed by atoms with van der Waals surface area (Å²) in [5, 5.41) is 15.9. The fourth-order valence-electron chi connectivity index (χ4n) is 3.38. The smallest absolute Gasteiger partial charge is 0.183 e. The van der Waals surface area contributed by atoms with Crippen LogP contribution in [-0.2, 0) is 0 Å². The van der Waals surface area contributed by atoms with Crippen LogP contribution < -0.4 is 10.6 Å². The Balaban J connectivity index is 1.39. The molecule has 0 amide bonds. The van der Waals surface area contributed by atoms with Crippen LogP contribution in [0.25, 0.3) is 10.2 Å². The quantitative estimate of drug-likeness (QED) is 0.382. The van der Waals surface area contributed by atoms with E-state index in [2.05, 4.69) is 26.6 Å². The molecule has 0 spiro atoms. The van der Waals surface area contributed by atoms with Crippen LogP contribution in [0.2, 0.25) is 0 Å². The zero-order valence-electron chi connectivity index (χ0n) is 15.1. The summed E-state index contributed by atoms with van der Waals surface area (Å²) in [6.07, 6.45) is 9.24. The molecule has 7 heteroatoms. The molecule has 140 valence electrons. The van der Waals surface area contributed by atoms with Gasteiger partial charge in [-0.25, -0.2) is 4.98 Å². The van der Waals surface area contributed by atoms with E-state index in [9.17, 15) is 0 Å². The van der Waals surface area contributed by atoms with Crippen LogP contribution in [0.5, 0.6) is 0 Å². The maximum absolute atomic E-state index is 8.31. The highest BCUT2D eigenvalue weighted by Gasteiger charge is 2.13. The molecule has 5 nitrogen and oxygen atoms in total. The van der Waals surface area contributed by atoms with Crippen molar-refractivity contribution in [1.82, 2.24) is 9.88 Å². The number of nitrogens with one attached hydrogen (secondary N) is 3. The molecule has 0 atom stereocenters. The minimum Gasteiger partial charge on any atom is -0.360 e. The summed E-state index contributed by atoms with van der Waals surface area (Å²) in [7, 11) is 0. The maximum Gasteiger partial charge on any atom is 0.183 e. The average Bonchev–Trinajstić information content (AvgIpc) is 3.31. The number of nitrogens with zero attached hydrogens (tertiary/aromatic N) is 2. The molecule has 1 aliphatic carbocycles. The molecule has 0 unspecified atom stereocenters. The van der Waals surface area contributed by atoms with E-state index in [-0.39, 0.29) is 0 Å². The molecule has 1 aliphatic heterocycles. The van der Waals surface area contributed by atoms with Gasteiger partial charge in [-0.05, 0) is 44.1 Å². The third-order valence-corrected chi connectivity index (χ3v) is 6.20. The molecule has 4 rings (SSSR count). The summed E-state index contributed by atoms with van der Waals surface area (Å²) in [6.45, 7) is 4.44. The minimum atomic E-state index is 0.345. The Kier molecular flexibility index (Phi) is 5.61. The lowest BCUT2D eigenvalue weighted by Gasteiger charge is -2.14. The van der Waals surface area contributed by atoms with Crippen molar-refractivity contribution in [2.45, 2.75) is 19.3 Å². The number of benzene rings is 1. The highest BCUT2D eigenvalue weighted by Crippen LogP contribution is 2.28. The van der Waals surface area contributed by atoms with E-state index in [0.29, 0.717) is 5.84 Å². The van der Waals surface area contributed by atoms with Gasteiger partial charge in [-0.3, -0.25) is 5.41 Å². The molecule has 2 aromatic rings. The van der Waals surface area contributed by atoms with Crippen molar-refractivity contribution in [3.8, 4) is 0 Å². The molecule has 1 saturated heterocycles. The average molecular weight is 398 g/mol. The van der Waals surface area contributed by atoms with Crippen LogP contribution in [0.15, 0.2) is 42.0 Å². The van der Waals surface area contributed by atoms with Crippen molar-refractivity contribution in [2.24, 2.45) is 0 Å². The van der Waals surface area contributed by atoms with Gasteiger partial charge in [0.2, 0.25) is 0 Å². The molecule has 27 heavy (non-hydrogen) atoms. The largest absolute Gasteiger partial charge is 0.360 e. The summed E-state index contributed by atoms with van der Waals surface area (Å²) in [6, 6.07) is 6.02.